The van der Waals surface area contributed by atoms with E-state index in [9.17, 15) is 9.59 Å². The Kier molecular flexibility index (Phi) is 9.44. The number of anilines is 1. The summed E-state index contributed by atoms with van der Waals surface area (Å²) in [7, 11) is 0. The molecule has 3 amide bonds. The Morgan fingerprint density at radius 3 is 2.44 bits per heavy atom. The lowest BCUT2D eigenvalue weighted by atomic mass is 10.2. The zero-order valence-electron chi connectivity index (χ0n) is 20.8. The van der Waals surface area contributed by atoms with Crippen LogP contribution in [0.2, 0.25) is 0 Å². The molecule has 0 bridgehead atoms. The molecule has 1 atom stereocenters. The number of nitrogens with zero attached hydrogens (tertiary/aromatic N) is 2. The summed E-state index contributed by atoms with van der Waals surface area (Å²) in [4.78, 5) is 33.9. The number of benzene rings is 2. The van der Waals surface area contributed by atoms with Crippen molar-refractivity contribution in [1.29, 1.82) is 0 Å². The lowest BCUT2D eigenvalue weighted by Crippen LogP contribution is -2.46. The van der Waals surface area contributed by atoms with Gasteiger partial charge < -0.3 is 19.9 Å². The lowest BCUT2D eigenvalue weighted by molar-refractivity contribution is -0.133. The third-order valence-corrected chi connectivity index (χ3v) is 7.84. The van der Waals surface area contributed by atoms with Crippen molar-refractivity contribution >= 4 is 40.7 Å². The number of carbonyl (C=O) groups excluding carboxylic acids is 2. The maximum absolute atomic E-state index is 13.6. The molecule has 0 radical (unpaired) electrons. The first-order chi connectivity index (χ1) is 17.5. The second kappa shape index (κ2) is 12.9. The van der Waals surface area contributed by atoms with Crippen molar-refractivity contribution in [2.75, 3.05) is 31.3 Å². The molecule has 2 aromatic carbocycles. The molecule has 1 N–H and O–H groups in total. The second-order valence-electron chi connectivity index (χ2n) is 8.92. The fourth-order valence-electron chi connectivity index (χ4n) is 4.19. The maximum Gasteiger partial charge on any atom is 0.322 e. The number of thioether (sulfide) groups is 1. The van der Waals surface area contributed by atoms with Gasteiger partial charge in [0.05, 0.1) is 12.6 Å². The summed E-state index contributed by atoms with van der Waals surface area (Å²) in [6, 6.07) is 21.5. The van der Waals surface area contributed by atoms with E-state index in [4.69, 9.17) is 4.74 Å². The Hall–Kier alpha value is -2.81. The number of nitrogens with one attached hydrogen (secondary N) is 1. The molecule has 36 heavy (non-hydrogen) atoms. The van der Waals surface area contributed by atoms with Crippen LogP contribution in [0.5, 0.6) is 0 Å². The molecule has 8 heteroatoms. The minimum atomic E-state index is -0.289. The molecule has 190 valence electrons. The lowest BCUT2D eigenvalue weighted by Gasteiger charge is -2.29. The van der Waals surface area contributed by atoms with Gasteiger partial charge in [0, 0.05) is 40.0 Å². The molecule has 6 nitrogen and oxygen atoms in total. The Bertz CT molecular complexity index is 1130. The molecule has 1 fully saturated rings. The van der Waals surface area contributed by atoms with E-state index in [2.05, 4.69) is 24.4 Å². The van der Waals surface area contributed by atoms with Gasteiger partial charge in [0.25, 0.3) is 0 Å². The molecular formula is C28H33N3O3S2. The predicted octanol–water partition coefficient (Wildman–Crippen LogP) is 6.02. The van der Waals surface area contributed by atoms with Crippen molar-refractivity contribution in [1.82, 2.24) is 9.80 Å². The predicted molar refractivity (Wildman–Crippen MR) is 148 cm³/mol. The maximum atomic E-state index is 13.6. The highest BCUT2D eigenvalue weighted by atomic mass is 32.2. The van der Waals surface area contributed by atoms with Gasteiger partial charge in [0.2, 0.25) is 5.91 Å². The topological polar surface area (TPSA) is 61.9 Å². The number of thiophene rings is 1. The molecule has 0 aliphatic carbocycles. The Morgan fingerprint density at radius 1 is 1.03 bits per heavy atom. The SMILES string of the molecule is CSc1ccc(NC(=O)N(CC(=O)N(Cc2ccccc2)Cc2ccc(C)s2)CC2CCCO2)cc1. The van der Waals surface area contributed by atoms with Gasteiger partial charge in [0.15, 0.2) is 0 Å². The number of amides is 3. The van der Waals surface area contributed by atoms with E-state index < -0.39 is 0 Å². The van der Waals surface area contributed by atoms with E-state index in [1.165, 1.54) is 4.88 Å². The van der Waals surface area contributed by atoms with Crippen LogP contribution in [0.3, 0.4) is 0 Å². The fraction of sp³-hybridized carbons (Fsp3) is 0.357. The molecular weight excluding hydrogens is 490 g/mol. The van der Waals surface area contributed by atoms with Crippen LogP contribution in [-0.4, -0.2) is 53.8 Å². The average Bonchev–Trinajstić information content (AvgIpc) is 3.55. The first-order valence-electron chi connectivity index (χ1n) is 12.2. The summed E-state index contributed by atoms with van der Waals surface area (Å²) in [6.07, 6.45) is 3.83. The van der Waals surface area contributed by atoms with Crippen molar-refractivity contribution in [2.24, 2.45) is 0 Å². The summed E-state index contributed by atoms with van der Waals surface area (Å²) >= 11 is 3.34. The van der Waals surface area contributed by atoms with Crippen LogP contribution in [0.15, 0.2) is 71.6 Å². The first kappa shape index (κ1) is 26.3. The zero-order chi connectivity index (χ0) is 25.3. The quantitative estimate of drug-likeness (QED) is 0.330. The monoisotopic (exact) mass is 523 g/mol. The highest BCUT2D eigenvalue weighted by Crippen LogP contribution is 2.21. The van der Waals surface area contributed by atoms with E-state index in [1.807, 2.05) is 65.8 Å². The summed E-state index contributed by atoms with van der Waals surface area (Å²) in [6.45, 7) is 4.14. The highest BCUT2D eigenvalue weighted by molar-refractivity contribution is 7.98. The summed E-state index contributed by atoms with van der Waals surface area (Å²) in [5.41, 5.74) is 1.76. The van der Waals surface area contributed by atoms with Crippen LogP contribution >= 0.6 is 23.1 Å². The van der Waals surface area contributed by atoms with Gasteiger partial charge in [-0.15, -0.1) is 23.1 Å². The summed E-state index contributed by atoms with van der Waals surface area (Å²) < 4.78 is 5.80. The standard InChI is InChI=1S/C28H33N3O3S2/c1-21-10-13-26(36-21)19-30(17-22-7-4-3-5-8-22)27(32)20-31(18-24-9-6-16-34-24)28(33)29-23-11-14-25(35-2)15-12-23/h3-5,7-8,10-15,24H,6,9,16-20H2,1-2H3,(H,29,33). The van der Waals surface area contributed by atoms with Crippen molar-refractivity contribution in [3.05, 3.63) is 82.0 Å². The largest absolute Gasteiger partial charge is 0.376 e. The van der Waals surface area contributed by atoms with Gasteiger partial charge in [-0.3, -0.25) is 4.79 Å². The number of carbonyl (C=O) groups is 2. The van der Waals surface area contributed by atoms with Crippen LogP contribution in [0.25, 0.3) is 0 Å². The number of hydrogen-bond donors (Lipinski definition) is 1. The van der Waals surface area contributed by atoms with Crippen LogP contribution in [0.4, 0.5) is 10.5 Å². The van der Waals surface area contributed by atoms with Crippen LogP contribution in [0.1, 0.15) is 28.2 Å². The van der Waals surface area contributed by atoms with E-state index in [-0.39, 0.29) is 24.6 Å². The first-order valence-corrected chi connectivity index (χ1v) is 14.2. The van der Waals surface area contributed by atoms with Crippen molar-refractivity contribution in [3.63, 3.8) is 0 Å². The Labute approximate surface area is 221 Å². The number of rotatable bonds is 10. The number of hydrogen-bond acceptors (Lipinski definition) is 5. The van der Waals surface area contributed by atoms with Crippen LogP contribution < -0.4 is 5.32 Å². The molecule has 1 unspecified atom stereocenters. The molecule has 0 spiro atoms. The number of urea groups is 1. The van der Waals surface area contributed by atoms with Crippen LogP contribution in [0, 0.1) is 6.92 Å². The molecule has 1 aliphatic heterocycles. The Morgan fingerprint density at radius 2 is 1.81 bits per heavy atom. The smallest absolute Gasteiger partial charge is 0.322 e. The van der Waals surface area contributed by atoms with E-state index in [1.54, 1.807) is 28.0 Å². The van der Waals surface area contributed by atoms with Crippen molar-refractivity contribution in [2.45, 2.75) is 43.9 Å². The van der Waals surface area contributed by atoms with Crippen molar-refractivity contribution < 1.29 is 14.3 Å². The van der Waals surface area contributed by atoms with E-state index in [0.29, 0.717) is 31.9 Å². The third kappa shape index (κ3) is 7.59. The van der Waals surface area contributed by atoms with E-state index >= 15 is 0 Å². The normalized spacial score (nSPS) is 15.0. The molecule has 0 saturated carbocycles. The fourth-order valence-corrected chi connectivity index (χ4v) is 5.50. The van der Waals surface area contributed by atoms with E-state index in [0.717, 1.165) is 28.2 Å². The molecule has 1 aromatic heterocycles. The number of aryl methyl sites for hydroxylation is 1. The minimum Gasteiger partial charge on any atom is -0.376 e. The van der Waals surface area contributed by atoms with Crippen molar-refractivity contribution in [3.8, 4) is 0 Å². The molecule has 4 rings (SSSR count). The van der Waals surface area contributed by atoms with Gasteiger partial charge >= 0.3 is 6.03 Å². The van der Waals surface area contributed by atoms with Gasteiger partial charge in [0.1, 0.15) is 6.54 Å². The van der Waals surface area contributed by atoms with Gasteiger partial charge in [-0.1, -0.05) is 30.3 Å². The molecule has 3 aromatic rings. The third-order valence-electron chi connectivity index (χ3n) is 6.11. The molecule has 2 heterocycles. The van der Waals surface area contributed by atoms with Gasteiger partial charge in [-0.05, 0) is 68.0 Å². The summed E-state index contributed by atoms with van der Waals surface area (Å²) in [5.74, 6) is -0.0872. The van der Waals surface area contributed by atoms with Gasteiger partial charge in [-0.25, -0.2) is 4.79 Å². The highest BCUT2D eigenvalue weighted by Gasteiger charge is 2.27. The molecule has 1 aliphatic rings. The Balaban J connectivity index is 1.50. The zero-order valence-corrected chi connectivity index (χ0v) is 22.4. The average molecular weight is 524 g/mol. The summed E-state index contributed by atoms with van der Waals surface area (Å²) in [5, 5.41) is 2.97. The van der Waals surface area contributed by atoms with Crippen LogP contribution in [-0.2, 0) is 22.6 Å². The van der Waals surface area contributed by atoms with Gasteiger partial charge in [-0.2, -0.15) is 0 Å². The molecule has 1 saturated heterocycles. The second-order valence-corrected chi connectivity index (χ2v) is 11.2. The minimum absolute atomic E-state index is 0.00816. The number of ether oxygens (including phenoxy) is 1.